The summed E-state index contributed by atoms with van der Waals surface area (Å²) in [5.74, 6) is -0.288. The molecular weight excluding hydrogens is 204 g/mol. The first-order valence-electron chi connectivity index (χ1n) is 5.26. The maximum Gasteiger partial charge on any atom is 0.308 e. The van der Waals surface area contributed by atoms with Crippen molar-refractivity contribution in [2.45, 2.75) is 38.8 Å². The van der Waals surface area contributed by atoms with Gasteiger partial charge in [-0.3, -0.25) is 9.78 Å². The Morgan fingerprint density at radius 3 is 2.75 bits per heavy atom. The molecule has 0 saturated carbocycles. The third-order valence-corrected chi connectivity index (χ3v) is 1.92. The molecule has 1 atom stereocenters. The predicted molar refractivity (Wildman–Crippen MR) is 61.6 cm³/mol. The van der Waals surface area contributed by atoms with E-state index in [2.05, 4.69) is 4.98 Å². The molecule has 0 unspecified atom stereocenters. The van der Waals surface area contributed by atoms with Gasteiger partial charge in [-0.25, -0.2) is 0 Å². The molecule has 1 aromatic rings. The lowest BCUT2D eigenvalue weighted by atomic mass is 10.1. The van der Waals surface area contributed by atoms with E-state index in [1.807, 2.05) is 26.8 Å². The summed E-state index contributed by atoms with van der Waals surface area (Å²) in [4.78, 5) is 15.5. The molecule has 0 fully saturated rings. The highest BCUT2D eigenvalue weighted by Gasteiger charge is 2.19. The van der Waals surface area contributed by atoms with Crippen LogP contribution >= 0.6 is 0 Å². The molecule has 0 aromatic carbocycles. The Labute approximate surface area is 95.8 Å². The van der Waals surface area contributed by atoms with E-state index in [0.29, 0.717) is 0 Å². The van der Waals surface area contributed by atoms with E-state index in [1.54, 1.807) is 18.5 Å². The van der Waals surface area contributed by atoms with Gasteiger partial charge in [0, 0.05) is 18.4 Å². The number of nitrogens with two attached hydrogens (primary N) is 1. The van der Waals surface area contributed by atoms with Gasteiger partial charge in [0.1, 0.15) is 5.60 Å². The third-order valence-electron chi connectivity index (χ3n) is 1.92. The van der Waals surface area contributed by atoms with Crippen molar-refractivity contribution in [2.75, 3.05) is 0 Å². The van der Waals surface area contributed by atoms with Gasteiger partial charge in [-0.2, -0.15) is 0 Å². The number of nitrogens with zero attached hydrogens (tertiary/aromatic N) is 1. The molecule has 0 aliphatic carbocycles. The summed E-state index contributed by atoms with van der Waals surface area (Å²) in [5, 5.41) is 0. The molecule has 0 aliphatic rings. The first-order valence-corrected chi connectivity index (χ1v) is 5.26. The van der Waals surface area contributed by atoms with Crippen molar-refractivity contribution in [1.82, 2.24) is 4.98 Å². The lowest BCUT2D eigenvalue weighted by Crippen LogP contribution is -2.26. The van der Waals surface area contributed by atoms with E-state index in [4.69, 9.17) is 10.5 Å². The number of pyridine rings is 1. The summed E-state index contributed by atoms with van der Waals surface area (Å²) in [7, 11) is 0. The van der Waals surface area contributed by atoms with Crippen LogP contribution in [0.25, 0.3) is 0 Å². The van der Waals surface area contributed by atoms with E-state index in [-0.39, 0.29) is 18.4 Å². The standard InChI is InChI=1S/C12H18N2O2/c1-12(2,3)16-11(15)7-10(13)9-5-4-6-14-8-9/h4-6,8,10H,7,13H2,1-3H3/t10-/m0/s1. The number of aromatic nitrogens is 1. The monoisotopic (exact) mass is 222 g/mol. The third kappa shape index (κ3) is 4.40. The Kier molecular flexibility index (Phi) is 4.01. The first kappa shape index (κ1) is 12.6. The molecule has 16 heavy (non-hydrogen) atoms. The lowest BCUT2D eigenvalue weighted by molar-refractivity contribution is -0.155. The highest BCUT2D eigenvalue weighted by atomic mass is 16.6. The SMILES string of the molecule is CC(C)(C)OC(=O)C[C@H](N)c1cccnc1. The van der Waals surface area contributed by atoms with Crippen molar-refractivity contribution in [3.05, 3.63) is 30.1 Å². The summed E-state index contributed by atoms with van der Waals surface area (Å²) in [6.45, 7) is 5.50. The van der Waals surface area contributed by atoms with Crippen LogP contribution in [0.15, 0.2) is 24.5 Å². The summed E-state index contributed by atoms with van der Waals surface area (Å²) >= 11 is 0. The highest BCUT2D eigenvalue weighted by molar-refractivity contribution is 5.70. The molecule has 0 bridgehead atoms. The molecule has 4 nitrogen and oxygen atoms in total. The van der Waals surface area contributed by atoms with Gasteiger partial charge in [-0.15, -0.1) is 0 Å². The molecule has 0 saturated heterocycles. The zero-order valence-electron chi connectivity index (χ0n) is 9.93. The zero-order valence-corrected chi connectivity index (χ0v) is 9.93. The summed E-state index contributed by atoms with van der Waals surface area (Å²) in [6, 6.07) is 3.29. The zero-order chi connectivity index (χ0) is 12.2. The second-order valence-corrected chi connectivity index (χ2v) is 4.68. The van der Waals surface area contributed by atoms with E-state index in [9.17, 15) is 4.79 Å². The minimum Gasteiger partial charge on any atom is -0.460 e. The molecular formula is C12H18N2O2. The Hall–Kier alpha value is -1.42. The number of hydrogen-bond acceptors (Lipinski definition) is 4. The van der Waals surface area contributed by atoms with Gasteiger partial charge >= 0.3 is 5.97 Å². The number of ether oxygens (including phenoxy) is 1. The number of rotatable bonds is 3. The minimum absolute atomic E-state index is 0.170. The fraction of sp³-hybridized carbons (Fsp3) is 0.500. The molecule has 1 aromatic heterocycles. The Morgan fingerprint density at radius 1 is 1.56 bits per heavy atom. The van der Waals surface area contributed by atoms with Gasteiger partial charge in [0.25, 0.3) is 0 Å². The van der Waals surface area contributed by atoms with Gasteiger partial charge in [0.05, 0.1) is 6.42 Å². The average Bonchev–Trinajstić information content (AvgIpc) is 2.16. The van der Waals surface area contributed by atoms with Gasteiger partial charge in [0.2, 0.25) is 0 Å². The van der Waals surface area contributed by atoms with E-state index < -0.39 is 5.60 Å². The van der Waals surface area contributed by atoms with Crippen molar-refractivity contribution in [3.8, 4) is 0 Å². The van der Waals surface area contributed by atoms with Gasteiger partial charge in [0.15, 0.2) is 0 Å². The fourth-order valence-corrected chi connectivity index (χ4v) is 1.28. The molecule has 0 amide bonds. The van der Waals surface area contributed by atoms with Gasteiger partial charge in [-0.05, 0) is 32.4 Å². The second kappa shape index (κ2) is 5.07. The normalized spacial score (nSPS) is 13.2. The fourth-order valence-electron chi connectivity index (χ4n) is 1.28. The van der Waals surface area contributed by atoms with Gasteiger partial charge in [-0.1, -0.05) is 6.07 Å². The van der Waals surface area contributed by atoms with E-state index in [1.165, 1.54) is 0 Å². The van der Waals surface area contributed by atoms with Crippen LogP contribution in [0.5, 0.6) is 0 Å². The molecule has 0 aliphatic heterocycles. The smallest absolute Gasteiger partial charge is 0.308 e. The molecule has 4 heteroatoms. The molecule has 2 N–H and O–H groups in total. The average molecular weight is 222 g/mol. The van der Waals surface area contributed by atoms with Crippen LogP contribution in [0.1, 0.15) is 38.8 Å². The van der Waals surface area contributed by atoms with Crippen molar-refractivity contribution in [2.24, 2.45) is 5.73 Å². The Morgan fingerprint density at radius 2 is 2.25 bits per heavy atom. The topological polar surface area (TPSA) is 65.2 Å². The van der Waals surface area contributed by atoms with Crippen molar-refractivity contribution in [1.29, 1.82) is 0 Å². The van der Waals surface area contributed by atoms with Crippen LogP contribution in [0.2, 0.25) is 0 Å². The summed E-state index contributed by atoms with van der Waals surface area (Å²) < 4.78 is 5.19. The second-order valence-electron chi connectivity index (χ2n) is 4.68. The number of carbonyl (C=O) groups is 1. The van der Waals surface area contributed by atoms with Crippen molar-refractivity contribution >= 4 is 5.97 Å². The molecule has 1 heterocycles. The highest BCUT2D eigenvalue weighted by Crippen LogP contribution is 2.15. The van der Waals surface area contributed by atoms with Crippen molar-refractivity contribution < 1.29 is 9.53 Å². The molecule has 0 spiro atoms. The molecule has 88 valence electrons. The molecule has 1 rings (SSSR count). The largest absolute Gasteiger partial charge is 0.460 e. The number of hydrogen-bond donors (Lipinski definition) is 1. The lowest BCUT2D eigenvalue weighted by Gasteiger charge is -2.20. The number of carbonyl (C=O) groups excluding carboxylic acids is 1. The summed E-state index contributed by atoms with van der Waals surface area (Å²) in [5.41, 5.74) is 6.25. The first-order chi connectivity index (χ1) is 7.38. The predicted octanol–water partition coefficient (Wildman–Crippen LogP) is 1.81. The van der Waals surface area contributed by atoms with Crippen LogP contribution in [0, 0.1) is 0 Å². The van der Waals surface area contributed by atoms with Gasteiger partial charge < -0.3 is 10.5 Å². The quantitative estimate of drug-likeness (QED) is 0.792. The van der Waals surface area contributed by atoms with Crippen LogP contribution in [0.4, 0.5) is 0 Å². The maximum atomic E-state index is 11.5. The van der Waals surface area contributed by atoms with E-state index >= 15 is 0 Å². The Balaban J connectivity index is 2.52. The van der Waals surface area contributed by atoms with Crippen LogP contribution < -0.4 is 5.73 Å². The molecule has 0 radical (unpaired) electrons. The van der Waals surface area contributed by atoms with Crippen molar-refractivity contribution in [3.63, 3.8) is 0 Å². The minimum atomic E-state index is -0.467. The maximum absolute atomic E-state index is 11.5. The van der Waals surface area contributed by atoms with Crippen LogP contribution in [0.3, 0.4) is 0 Å². The summed E-state index contributed by atoms with van der Waals surface area (Å²) in [6.07, 6.45) is 3.50. The Bertz CT molecular complexity index is 344. The van der Waals surface area contributed by atoms with E-state index in [0.717, 1.165) is 5.56 Å². The number of esters is 1. The van der Waals surface area contributed by atoms with Crippen LogP contribution in [-0.2, 0) is 9.53 Å². The van der Waals surface area contributed by atoms with Crippen LogP contribution in [-0.4, -0.2) is 16.6 Å².